The van der Waals surface area contributed by atoms with Crippen LogP contribution in [0.5, 0.6) is 0 Å². The lowest BCUT2D eigenvalue weighted by atomic mass is 9.88. The average molecular weight is 440 g/mol. The number of carbonyl (C=O) groups is 1. The van der Waals surface area contributed by atoms with E-state index in [1.165, 1.54) is 16.2 Å². The van der Waals surface area contributed by atoms with Crippen molar-refractivity contribution in [3.8, 4) is 0 Å². The quantitative estimate of drug-likeness (QED) is 0.228. The molecular weight excluding hydrogens is 418 g/mol. The first kappa shape index (κ1) is 19.1. The predicted molar refractivity (Wildman–Crippen MR) is 137 cm³/mol. The van der Waals surface area contributed by atoms with Gasteiger partial charge < -0.3 is 4.57 Å². The zero-order valence-electron chi connectivity index (χ0n) is 18.4. The zero-order chi connectivity index (χ0) is 22.6. The first-order chi connectivity index (χ1) is 16.8. The van der Waals surface area contributed by atoms with Gasteiger partial charge in [-0.15, -0.1) is 0 Å². The third-order valence-electron chi connectivity index (χ3n) is 7.01. The van der Waals surface area contributed by atoms with Gasteiger partial charge in [0.1, 0.15) is 12.1 Å². The van der Waals surface area contributed by atoms with Crippen LogP contribution >= 0.6 is 0 Å². The van der Waals surface area contributed by atoms with E-state index in [1.807, 2.05) is 58.3 Å². The van der Waals surface area contributed by atoms with Gasteiger partial charge in [-0.25, -0.2) is 0 Å². The standard InChI is InChI=1S/C30H21N3O/c34-30-29(32-17-7-8-18-32)28(26-13-5-6-16-31-26)33(30)27-19-25-21-10-2-1-9-20(21)14-15-23(25)22-11-3-4-12-24(22)27/h1-19,28-29H/t28-,29-/m0/s1. The molecule has 0 N–H and O–H groups in total. The highest BCUT2D eigenvalue weighted by atomic mass is 16.2. The molecule has 0 unspecified atom stereocenters. The van der Waals surface area contributed by atoms with Crippen molar-refractivity contribution >= 4 is 43.9 Å². The van der Waals surface area contributed by atoms with Crippen molar-refractivity contribution in [2.24, 2.45) is 0 Å². The van der Waals surface area contributed by atoms with Crippen molar-refractivity contribution < 1.29 is 4.79 Å². The summed E-state index contributed by atoms with van der Waals surface area (Å²) in [5.41, 5.74) is 1.83. The molecule has 1 saturated heterocycles. The van der Waals surface area contributed by atoms with E-state index in [4.69, 9.17) is 0 Å². The van der Waals surface area contributed by atoms with Crippen LogP contribution in [0.4, 0.5) is 5.69 Å². The molecule has 1 aliphatic heterocycles. The van der Waals surface area contributed by atoms with Gasteiger partial charge in [-0.2, -0.15) is 0 Å². The van der Waals surface area contributed by atoms with Gasteiger partial charge in [0.05, 0.1) is 11.4 Å². The van der Waals surface area contributed by atoms with Crippen LogP contribution in [0.2, 0.25) is 0 Å². The maximum Gasteiger partial charge on any atom is 0.253 e. The average Bonchev–Trinajstić information content (AvgIpc) is 3.41. The number of fused-ring (bicyclic) bond motifs is 5. The highest BCUT2D eigenvalue weighted by Gasteiger charge is 2.51. The van der Waals surface area contributed by atoms with Crippen molar-refractivity contribution in [3.63, 3.8) is 0 Å². The third kappa shape index (κ3) is 2.66. The Morgan fingerprint density at radius 3 is 2.12 bits per heavy atom. The summed E-state index contributed by atoms with van der Waals surface area (Å²) in [7, 11) is 0. The van der Waals surface area contributed by atoms with Crippen molar-refractivity contribution in [1.29, 1.82) is 0 Å². The molecule has 6 aromatic rings. The van der Waals surface area contributed by atoms with Crippen LogP contribution < -0.4 is 4.90 Å². The third-order valence-corrected chi connectivity index (χ3v) is 7.01. The highest BCUT2D eigenvalue weighted by molar-refractivity contribution is 6.23. The molecule has 2 atom stereocenters. The number of hydrogen-bond donors (Lipinski definition) is 0. The molecule has 162 valence electrons. The number of hydrogen-bond acceptors (Lipinski definition) is 2. The lowest BCUT2D eigenvalue weighted by Gasteiger charge is -2.47. The molecule has 34 heavy (non-hydrogen) atoms. The molecular formula is C30H21N3O. The first-order valence-electron chi connectivity index (χ1n) is 11.5. The first-order valence-corrected chi connectivity index (χ1v) is 11.5. The van der Waals surface area contributed by atoms with Crippen LogP contribution in [0.25, 0.3) is 32.3 Å². The summed E-state index contributed by atoms with van der Waals surface area (Å²) in [6.45, 7) is 0. The van der Waals surface area contributed by atoms with Crippen molar-refractivity contribution in [3.05, 3.63) is 121 Å². The van der Waals surface area contributed by atoms with Crippen LogP contribution in [0.3, 0.4) is 0 Å². The monoisotopic (exact) mass is 439 g/mol. The molecule has 3 heterocycles. The number of anilines is 1. The van der Waals surface area contributed by atoms with Gasteiger partial charge in [-0.1, -0.05) is 66.7 Å². The van der Waals surface area contributed by atoms with Gasteiger partial charge in [0.25, 0.3) is 5.91 Å². The minimum atomic E-state index is -0.313. The Bertz CT molecular complexity index is 1690. The van der Waals surface area contributed by atoms with Crippen LogP contribution in [-0.4, -0.2) is 15.5 Å². The molecule has 1 fully saturated rings. The number of benzene rings is 4. The number of aromatic nitrogens is 2. The van der Waals surface area contributed by atoms with E-state index < -0.39 is 0 Å². The molecule has 7 rings (SSSR count). The van der Waals surface area contributed by atoms with Gasteiger partial charge in [-0.3, -0.25) is 14.7 Å². The SMILES string of the molecule is O=C1[C@@H](n2cccc2)[C@H](c2ccccn2)N1c1cc2c3ccccc3ccc2c2ccccc12. The van der Waals surface area contributed by atoms with Gasteiger partial charge >= 0.3 is 0 Å². The Morgan fingerprint density at radius 2 is 1.32 bits per heavy atom. The molecule has 2 aromatic heterocycles. The number of β-lactam (4-membered cyclic amide) rings is 1. The maximum absolute atomic E-state index is 13.8. The second-order valence-corrected chi connectivity index (χ2v) is 8.81. The number of carbonyl (C=O) groups excluding carboxylic acids is 1. The summed E-state index contributed by atoms with van der Waals surface area (Å²) in [4.78, 5) is 20.4. The van der Waals surface area contributed by atoms with Gasteiger partial charge in [-0.05, 0) is 57.3 Å². The fourth-order valence-corrected chi connectivity index (χ4v) is 5.45. The van der Waals surface area contributed by atoms with Gasteiger partial charge in [0, 0.05) is 24.0 Å². The predicted octanol–water partition coefficient (Wildman–Crippen LogP) is 6.67. The topological polar surface area (TPSA) is 38.1 Å². The Labute approximate surface area is 196 Å². The fraction of sp³-hybridized carbons (Fsp3) is 0.0667. The summed E-state index contributed by atoms with van der Waals surface area (Å²) in [6.07, 6.45) is 5.72. The summed E-state index contributed by atoms with van der Waals surface area (Å²) in [5, 5.41) is 6.96. The lowest BCUT2D eigenvalue weighted by Crippen LogP contribution is -2.56. The number of rotatable bonds is 3. The van der Waals surface area contributed by atoms with Crippen LogP contribution in [0.1, 0.15) is 17.8 Å². The minimum absolute atomic E-state index is 0.0802. The van der Waals surface area contributed by atoms with Crippen molar-refractivity contribution in [2.45, 2.75) is 12.1 Å². The molecule has 0 radical (unpaired) electrons. The smallest absolute Gasteiger partial charge is 0.253 e. The largest absolute Gasteiger partial charge is 0.340 e. The molecule has 0 saturated carbocycles. The summed E-state index contributed by atoms with van der Waals surface area (Å²) in [5.74, 6) is 0.0802. The van der Waals surface area contributed by atoms with E-state index >= 15 is 0 Å². The lowest BCUT2D eigenvalue weighted by molar-refractivity contribution is -0.129. The van der Waals surface area contributed by atoms with Crippen LogP contribution in [-0.2, 0) is 4.79 Å². The zero-order valence-corrected chi connectivity index (χ0v) is 18.4. The Balaban J connectivity index is 1.51. The Morgan fingerprint density at radius 1 is 0.618 bits per heavy atom. The summed E-state index contributed by atoms with van der Waals surface area (Å²) in [6, 6.07) is 32.7. The molecule has 1 amide bonds. The van der Waals surface area contributed by atoms with Crippen LogP contribution in [0.15, 0.2) is 116 Å². The fourth-order valence-electron chi connectivity index (χ4n) is 5.45. The van der Waals surface area contributed by atoms with Crippen LogP contribution in [0, 0.1) is 0 Å². The molecule has 0 bridgehead atoms. The molecule has 4 nitrogen and oxygen atoms in total. The highest BCUT2D eigenvalue weighted by Crippen LogP contribution is 2.49. The van der Waals surface area contributed by atoms with Gasteiger partial charge in [0.2, 0.25) is 0 Å². The molecule has 0 aliphatic carbocycles. The molecule has 1 aliphatic rings. The van der Waals surface area contributed by atoms with E-state index in [0.29, 0.717) is 0 Å². The summed E-state index contributed by atoms with van der Waals surface area (Å²) >= 11 is 0. The Hall–Kier alpha value is -4.44. The van der Waals surface area contributed by atoms with Crippen molar-refractivity contribution in [1.82, 2.24) is 9.55 Å². The normalized spacial score (nSPS) is 18.0. The number of nitrogens with zero attached hydrogens (tertiary/aromatic N) is 3. The van der Waals surface area contributed by atoms with E-state index in [2.05, 4.69) is 65.6 Å². The van der Waals surface area contributed by atoms with Gasteiger partial charge in [0.15, 0.2) is 0 Å². The second kappa shape index (κ2) is 7.29. The molecule has 0 spiro atoms. The maximum atomic E-state index is 13.8. The van der Waals surface area contributed by atoms with E-state index in [9.17, 15) is 4.79 Å². The second-order valence-electron chi connectivity index (χ2n) is 8.81. The number of pyridine rings is 1. The Kier molecular flexibility index (Phi) is 4.09. The molecule has 4 aromatic carbocycles. The molecule has 4 heteroatoms. The summed E-state index contributed by atoms with van der Waals surface area (Å²) < 4.78 is 2.00. The minimum Gasteiger partial charge on any atom is -0.340 e. The number of amides is 1. The van der Waals surface area contributed by atoms with E-state index in [0.717, 1.165) is 27.5 Å². The van der Waals surface area contributed by atoms with Crippen molar-refractivity contribution in [2.75, 3.05) is 4.90 Å². The van der Waals surface area contributed by atoms with E-state index in [-0.39, 0.29) is 18.0 Å². The van der Waals surface area contributed by atoms with E-state index in [1.54, 1.807) is 6.20 Å².